The van der Waals surface area contributed by atoms with Gasteiger partial charge < -0.3 is 9.30 Å². The van der Waals surface area contributed by atoms with Crippen LogP contribution >= 0.6 is 11.6 Å². The summed E-state index contributed by atoms with van der Waals surface area (Å²) in [7, 11) is 1.26. The Morgan fingerprint density at radius 2 is 2.24 bits per heavy atom. The number of esters is 1. The number of aromatic nitrogens is 2. The van der Waals surface area contributed by atoms with Crippen LogP contribution in [0.25, 0.3) is 0 Å². The average Bonchev–Trinajstić information content (AvgIpc) is 2.81. The van der Waals surface area contributed by atoms with Crippen LogP contribution in [0, 0.1) is 17.0 Å². The number of nitrogens with zero attached hydrogens (tertiary/aromatic N) is 3. The number of rotatable bonds is 4. The number of carbonyl (C=O) groups excluding carboxylic acids is 1. The Morgan fingerprint density at radius 1 is 1.52 bits per heavy atom. The molecular formula is C13H12ClN3O4. The monoisotopic (exact) mass is 309 g/mol. The highest BCUT2D eigenvalue weighted by Gasteiger charge is 2.21. The van der Waals surface area contributed by atoms with Crippen molar-refractivity contribution in [3.8, 4) is 0 Å². The standard InChI is InChI=1S/C13H12ClN3O4/c1-8-15-6-12(13(18)21-2)16(8)7-9-10(14)4-3-5-11(9)17(19)20/h3-6H,7H2,1-2H3. The van der Waals surface area contributed by atoms with E-state index in [4.69, 9.17) is 11.6 Å². The Balaban J connectivity index is 2.51. The first kappa shape index (κ1) is 15.0. The summed E-state index contributed by atoms with van der Waals surface area (Å²) in [4.78, 5) is 26.3. The fraction of sp³-hybridized carbons (Fsp3) is 0.231. The van der Waals surface area contributed by atoms with Crippen molar-refractivity contribution in [2.45, 2.75) is 13.5 Å². The van der Waals surface area contributed by atoms with Crippen LogP contribution in [-0.4, -0.2) is 27.6 Å². The van der Waals surface area contributed by atoms with Crippen molar-refractivity contribution in [1.29, 1.82) is 0 Å². The predicted octanol–water partition coefficient (Wildman–Crippen LogP) is 2.59. The van der Waals surface area contributed by atoms with Gasteiger partial charge in [0.1, 0.15) is 11.5 Å². The molecule has 0 unspecified atom stereocenters. The number of benzene rings is 1. The van der Waals surface area contributed by atoms with E-state index in [-0.39, 0.29) is 22.9 Å². The van der Waals surface area contributed by atoms with Gasteiger partial charge in [-0.15, -0.1) is 0 Å². The van der Waals surface area contributed by atoms with Crippen LogP contribution in [0.5, 0.6) is 0 Å². The highest BCUT2D eigenvalue weighted by molar-refractivity contribution is 6.31. The van der Waals surface area contributed by atoms with E-state index in [1.807, 2.05) is 0 Å². The van der Waals surface area contributed by atoms with Gasteiger partial charge in [0.15, 0.2) is 0 Å². The van der Waals surface area contributed by atoms with Gasteiger partial charge in [-0.1, -0.05) is 17.7 Å². The highest BCUT2D eigenvalue weighted by atomic mass is 35.5. The topological polar surface area (TPSA) is 87.3 Å². The zero-order valence-corrected chi connectivity index (χ0v) is 12.1. The minimum atomic E-state index is -0.565. The predicted molar refractivity (Wildman–Crippen MR) is 75.5 cm³/mol. The molecule has 0 saturated carbocycles. The van der Waals surface area contributed by atoms with E-state index in [1.165, 1.54) is 30.0 Å². The molecule has 0 spiro atoms. The second-order valence-electron chi connectivity index (χ2n) is 4.26. The largest absolute Gasteiger partial charge is 0.464 e. The molecule has 1 aromatic carbocycles. The smallest absolute Gasteiger partial charge is 0.356 e. The number of aryl methyl sites for hydroxylation is 1. The van der Waals surface area contributed by atoms with E-state index in [0.29, 0.717) is 11.4 Å². The zero-order chi connectivity index (χ0) is 15.6. The molecule has 1 aromatic heterocycles. The Kier molecular flexibility index (Phi) is 4.23. The van der Waals surface area contributed by atoms with Gasteiger partial charge in [0.25, 0.3) is 5.69 Å². The first-order valence-electron chi connectivity index (χ1n) is 5.98. The molecule has 0 aliphatic carbocycles. The molecule has 0 bridgehead atoms. The maximum absolute atomic E-state index is 11.7. The highest BCUT2D eigenvalue weighted by Crippen LogP contribution is 2.28. The Bertz CT molecular complexity index is 711. The van der Waals surface area contributed by atoms with Gasteiger partial charge in [0, 0.05) is 6.07 Å². The number of halogens is 1. The molecule has 0 fully saturated rings. The van der Waals surface area contributed by atoms with E-state index in [2.05, 4.69) is 9.72 Å². The molecule has 0 aliphatic heterocycles. The summed E-state index contributed by atoms with van der Waals surface area (Å²) in [5, 5.41) is 11.4. The van der Waals surface area contributed by atoms with Gasteiger partial charge >= 0.3 is 5.97 Å². The van der Waals surface area contributed by atoms with E-state index in [9.17, 15) is 14.9 Å². The number of methoxy groups -OCH3 is 1. The van der Waals surface area contributed by atoms with Crippen molar-refractivity contribution in [1.82, 2.24) is 9.55 Å². The van der Waals surface area contributed by atoms with Crippen molar-refractivity contribution >= 4 is 23.3 Å². The molecule has 0 amide bonds. The third-order valence-corrected chi connectivity index (χ3v) is 3.41. The van der Waals surface area contributed by atoms with Crippen LogP contribution in [0.3, 0.4) is 0 Å². The number of carbonyl (C=O) groups is 1. The molecule has 8 heteroatoms. The third kappa shape index (κ3) is 2.87. The summed E-state index contributed by atoms with van der Waals surface area (Å²) in [5.74, 6) is -0.0325. The van der Waals surface area contributed by atoms with E-state index in [0.717, 1.165) is 0 Å². The normalized spacial score (nSPS) is 10.4. The minimum absolute atomic E-state index is 0.0618. The maximum Gasteiger partial charge on any atom is 0.356 e. The lowest BCUT2D eigenvalue weighted by molar-refractivity contribution is -0.385. The molecule has 0 aliphatic rings. The van der Waals surface area contributed by atoms with Crippen LogP contribution in [-0.2, 0) is 11.3 Å². The van der Waals surface area contributed by atoms with Crippen molar-refractivity contribution in [2.24, 2.45) is 0 Å². The van der Waals surface area contributed by atoms with Crippen LogP contribution in [0.1, 0.15) is 21.9 Å². The first-order chi connectivity index (χ1) is 9.95. The quantitative estimate of drug-likeness (QED) is 0.492. The Morgan fingerprint density at radius 3 is 2.86 bits per heavy atom. The second-order valence-corrected chi connectivity index (χ2v) is 4.67. The van der Waals surface area contributed by atoms with Crippen molar-refractivity contribution in [3.63, 3.8) is 0 Å². The molecule has 21 heavy (non-hydrogen) atoms. The number of ether oxygens (including phenoxy) is 1. The van der Waals surface area contributed by atoms with Crippen molar-refractivity contribution < 1.29 is 14.5 Å². The number of hydrogen-bond acceptors (Lipinski definition) is 5. The van der Waals surface area contributed by atoms with Gasteiger partial charge in [0.05, 0.1) is 35.4 Å². The van der Waals surface area contributed by atoms with E-state index < -0.39 is 10.9 Å². The van der Waals surface area contributed by atoms with Gasteiger partial charge in [-0.2, -0.15) is 0 Å². The summed E-state index contributed by atoms with van der Waals surface area (Å²) in [6.07, 6.45) is 1.36. The molecule has 110 valence electrons. The molecule has 0 atom stereocenters. The summed E-state index contributed by atoms with van der Waals surface area (Å²) in [6.45, 7) is 1.75. The van der Waals surface area contributed by atoms with Gasteiger partial charge in [-0.25, -0.2) is 9.78 Å². The average molecular weight is 310 g/mol. The molecule has 0 N–H and O–H groups in total. The first-order valence-corrected chi connectivity index (χ1v) is 6.35. The fourth-order valence-corrected chi connectivity index (χ4v) is 2.20. The summed E-state index contributed by atoms with van der Waals surface area (Å²) < 4.78 is 6.20. The molecule has 1 heterocycles. The number of hydrogen-bond donors (Lipinski definition) is 0. The van der Waals surface area contributed by atoms with Crippen LogP contribution in [0.15, 0.2) is 24.4 Å². The molecular weight excluding hydrogens is 298 g/mol. The van der Waals surface area contributed by atoms with Crippen molar-refractivity contribution in [3.05, 3.63) is 56.6 Å². The molecule has 0 radical (unpaired) electrons. The van der Waals surface area contributed by atoms with Gasteiger partial charge in [-0.05, 0) is 13.0 Å². The van der Waals surface area contributed by atoms with E-state index >= 15 is 0 Å². The second kappa shape index (κ2) is 5.92. The van der Waals surface area contributed by atoms with Crippen LogP contribution < -0.4 is 0 Å². The van der Waals surface area contributed by atoms with Gasteiger partial charge in [-0.3, -0.25) is 10.1 Å². The van der Waals surface area contributed by atoms with E-state index in [1.54, 1.807) is 13.0 Å². The molecule has 2 aromatic rings. The number of imidazole rings is 1. The molecule has 2 rings (SSSR count). The minimum Gasteiger partial charge on any atom is -0.464 e. The fourth-order valence-electron chi connectivity index (χ4n) is 1.97. The zero-order valence-electron chi connectivity index (χ0n) is 11.4. The lowest BCUT2D eigenvalue weighted by atomic mass is 10.1. The Labute approximate surface area is 125 Å². The number of nitro groups is 1. The van der Waals surface area contributed by atoms with Crippen LogP contribution in [0.4, 0.5) is 5.69 Å². The SMILES string of the molecule is COC(=O)c1cnc(C)n1Cc1c(Cl)cccc1[N+](=O)[O-]. The summed E-state index contributed by atoms with van der Waals surface area (Å²) in [6, 6.07) is 4.44. The lowest BCUT2D eigenvalue weighted by Gasteiger charge is -2.10. The van der Waals surface area contributed by atoms with Crippen molar-refractivity contribution in [2.75, 3.05) is 7.11 Å². The lowest BCUT2D eigenvalue weighted by Crippen LogP contribution is -2.13. The number of nitro benzene ring substituents is 1. The summed E-state index contributed by atoms with van der Waals surface area (Å²) >= 11 is 6.05. The Hall–Kier alpha value is -2.41. The van der Waals surface area contributed by atoms with Crippen LogP contribution in [0.2, 0.25) is 5.02 Å². The van der Waals surface area contributed by atoms with Gasteiger partial charge in [0.2, 0.25) is 0 Å². The molecule has 7 nitrogen and oxygen atoms in total. The molecule has 0 saturated heterocycles. The third-order valence-electron chi connectivity index (χ3n) is 3.06. The maximum atomic E-state index is 11.7. The summed E-state index contributed by atoms with van der Waals surface area (Å²) in [5.41, 5.74) is 0.422.